The van der Waals surface area contributed by atoms with Gasteiger partial charge in [-0.15, -0.1) is 0 Å². The van der Waals surface area contributed by atoms with Crippen molar-refractivity contribution in [2.24, 2.45) is 0 Å². The Kier molecular flexibility index (Phi) is 4.53. The van der Waals surface area contributed by atoms with Crippen molar-refractivity contribution in [2.75, 3.05) is 36.8 Å². The van der Waals surface area contributed by atoms with Crippen LogP contribution in [0.2, 0.25) is 0 Å². The second-order valence-electron chi connectivity index (χ2n) is 5.82. The lowest BCUT2D eigenvalue weighted by atomic mass is 10.2. The van der Waals surface area contributed by atoms with Gasteiger partial charge >= 0.3 is 0 Å². The Morgan fingerprint density at radius 1 is 1.09 bits per heavy atom. The fourth-order valence-electron chi connectivity index (χ4n) is 2.94. The molecule has 2 N–H and O–H groups in total. The Balaban J connectivity index is 1.64. The van der Waals surface area contributed by atoms with Crippen LogP contribution in [-0.2, 0) is 6.54 Å². The maximum atomic E-state index is 5.96. The molecule has 5 heteroatoms. The minimum atomic E-state index is 0.647. The molecule has 3 heterocycles. The third-order valence-electron chi connectivity index (χ3n) is 4.15. The van der Waals surface area contributed by atoms with Gasteiger partial charge in [-0.2, -0.15) is 0 Å². The van der Waals surface area contributed by atoms with Crippen LogP contribution in [0.3, 0.4) is 0 Å². The van der Waals surface area contributed by atoms with Gasteiger partial charge in [-0.1, -0.05) is 6.07 Å². The first kappa shape index (κ1) is 14.8. The Morgan fingerprint density at radius 2 is 2.00 bits per heavy atom. The average molecular weight is 297 g/mol. The molecule has 0 atom stereocenters. The molecule has 3 rings (SSSR count). The molecule has 1 aliphatic rings. The van der Waals surface area contributed by atoms with Crippen molar-refractivity contribution >= 4 is 11.5 Å². The highest BCUT2D eigenvalue weighted by Gasteiger charge is 2.16. The molecule has 0 spiro atoms. The van der Waals surface area contributed by atoms with Gasteiger partial charge in [0.15, 0.2) is 0 Å². The summed E-state index contributed by atoms with van der Waals surface area (Å²) in [7, 11) is 0. The lowest BCUT2D eigenvalue weighted by molar-refractivity contribution is 0.285. The number of anilines is 2. The van der Waals surface area contributed by atoms with E-state index in [-0.39, 0.29) is 0 Å². The zero-order valence-electron chi connectivity index (χ0n) is 13.1. The predicted molar refractivity (Wildman–Crippen MR) is 89.7 cm³/mol. The number of nitrogens with zero attached hydrogens (tertiary/aromatic N) is 4. The van der Waals surface area contributed by atoms with Crippen LogP contribution < -0.4 is 10.6 Å². The second kappa shape index (κ2) is 6.75. The maximum Gasteiger partial charge on any atom is 0.127 e. The molecular weight excluding hydrogens is 274 g/mol. The van der Waals surface area contributed by atoms with E-state index in [1.807, 2.05) is 19.2 Å². The summed E-state index contributed by atoms with van der Waals surface area (Å²) in [5, 5.41) is 0. The van der Waals surface area contributed by atoms with Crippen molar-refractivity contribution in [1.29, 1.82) is 0 Å². The summed E-state index contributed by atoms with van der Waals surface area (Å²) in [5.74, 6) is 0.647. The highest BCUT2D eigenvalue weighted by Crippen LogP contribution is 2.18. The highest BCUT2D eigenvalue weighted by molar-refractivity contribution is 5.46. The van der Waals surface area contributed by atoms with Gasteiger partial charge in [-0.05, 0) is 31.5 Å². The lowest BCUT2D eigenvalue weighted by Gasteiger charge is -2.24. The number of hydrogen-bond acceptors (Lipinski definition) is 5. The third-order valence-corrected chi connectivity index (χ3v) is 4.15. The zero-order valence-corrected chi connectivity index (χ0v) is 13.1. The van der Waals surface area contributed by atoms with Crippen LogP contribution in [0.25, 0.3) is 0 Å². The number of hydrogen-bond donors (Lipinski definition) is 1. The first-order valence-corrected chi connectivity index (χ1v) is 7.82. The molecule has 2 aromatic heterocycles. The van der Waals surface area contributed by atoms with E-state index >= 15 is 0 Å². The van der Waals surface area contributed by atoms with E-state index in [1.165, 1.54) is 5.69 Å². The molecule has 5 nitrogen and oxygen atoms in total. The number of nitrogen functional groups attached to an aromatic ring is 1. The van der Waals surface area contributed by atoms with Gasteiger partial charge in [0.2, 0.25) is 0 Å². The minimum Gasteiger partial charge on any atom is -0.383 e. The first-order chi connectivity index (χ1) is 10.7. The monoisotopic (exact) mass is 297 g/mol. The van der Waals surface area contributed by atoms with Crippen LogP contribution in [0.4, 0.5) is 11.5 Å². The zero-order chi connectivity index (χ0) is 15.4. The van der Waals surface area contributed by atoms with Gasteiger partial charge in [0, 0.05) is 62.1 Å². The van der Waals surface area contributed by atoms with Gasteiger partial charge < -0.3 is 10.6 Å². The maximum absolute atomic E-state index is 5.96. The molecule has 1 aliphatic heterocycles. The molecule has 0 saturated carbocycles. The van der Waals surface area contributed by atoms with Crippen LogP contribution >= 0.6 is 0 Å². The largest absolute Gasteiger partial charge is 0.383 e. The molecule has 0 aliphatic carbocycles. The van der Waals surface area contributed by atoms with Gasteiger partial charge in [-0.3, -0.25) is 9.88 Å². The Hall–Kier alpha value is -2.14. The summed E-state index contributed by atoms with van der Waals surface area (Å²) in [6, 6.07) is 8.28. The third kappa shape index (κ3) is 3.54. The molecule has 0 amide bonds. The van der Waals surface area contributed by atoms with E-state index in [9.17, 15) is 0 Å². The molecule has 1 fully saturated rings. The summed E-state index contributed by atoms with van der Waals surface area (Å²) in [6.07, 6.45) is 4.79. The van der Waals surface area contributed by atoms with E-state index in [2.05, 4.69) is 38.0 Å². The van der Waals surface area contributed by atoms with Crippen molar-refractivity contribution < 1.29 is 0 Å². The summed E-state index contributed by atoms with van der Waals surface area (Å²) >= 11 is 0. The summed E-state index contributed by atoms with van der Waals surface area (Å²) < 4.78 is 0. The normalized spacial score (nSPS) is 16.5. The molecule has 0 bridgehead atoms. The number of nitrogens with two attached hydrogens (primary N) is 1. The molecule has 0 aromatic carbocycles. The molecule has 2 aromatic rings. The SMILES string of the molecule is Cc1cc(N2CCCN(Cc3cccnc3N)CC2)ccn1. The van der Waals surface area contributed by atoms with Crippen molar-refractivity contribution in [2.45, 2.75) is 19.9 Å². The standard InChI is InChI=1S/C17H23N5/c1-14-12-16(5-7-19-14)22-9-3-8-21(10-11-22)13-15-4-2-6-20-17(15)18/h2,4-7,12H,3,8-11,13H2,1H3,(H2,18,20). The van der Waals surface area contributed by atoms with E-state index in [0.717, 1.165) is 50.4 Å². The van der Waals surface area contributed by atoms with Crippen molar-refractivity contribution in [3.8, 4) is 0 Å². The number of aromatic nitrogens is 2. The Labute approximate surface area is 131 Å². The first-order valence-electron chi connectivity index (χ1n) is 7.82. The number of rotatable bonds is 3. The van der Waals surface area contributed by atoms with Crippen molar-refractivity contribution in [3.63, 3.8) is 0 Å². The molecular formula is C17H23N5. The van der Waals surface area contributed by atoms with Crippen LogP contribution in [0.1, 0.15) is 17.7 Å². The van der Waals surface area contributed by atoms with E-state index < -0.39 is 0 Å². The van der Waals surface area contributed by atoms with Gasteiger partial charge in [0.05, 0.1) is 0 Å². The summed E-state index contributed by atoms with van der Waals surface area (Å²) in [6.45, 7) is 7.17. The predicted octanol–water partition coefficient (Wildman–Crippen LogP) is 2.08. The van der Waals surface area contributed by atoms with E-state index in [4.69, 9.17) is 5.73 Å². The Bertz CT molecular complexity index is 628. The van der Waals surface area contributed by atoms with Crippen LogP contribution in [0.15, 0.2) is 36.7 Å². The van der Waals surface area contributed by atoms with Crippen molar-refractivity contribution in [3.05, 3.63) is 47.9 Å². The van der Waals surface area contributed by atoms with Crippen molar-refractivity contribution in [1.82, 2.24) is 14.9 Å². The van der Waals surface area contributed by atoms with Gasteiger partial charge in [0.25, 0.3) is 0 Å². The van der Waals surface area contributed by atoms with Crippen LogP contribution in [0, 0.1) is 6.92 Å². The molecule has 22 heavy (non-hydrogen) atoms. The Morgan fingerprint density at radius 3 is 2.82 bits per heavy atom. The quantitative estimate of drug-likeness (QED) is 0.940. The van der Waals surface area contributed by atoms with E-state index in [0.29, 0.717) is 5.82 Å². The summed E-state index contributed by atoms with van der Waals surface area (Å²) in [5.41, 5.74) is 9.42. The number of pyridine rings is 2. The average Bonchev–Trinajstić information content (AvgIpc) is 2.75. The fourth-order valence-corrected chi connectivity index (χ4v) is 2.94. The van der Waals surface area contributed by atoms with Crippen LogP contribution in [0.5, 0.6) is 0 Å². The van der Waals surface area contributed by atoms with E-state index in [1.54, 1.807) is 6.20 Å². The number of aryl methyl sites for hydroxylation is 1. The molecule has 0 unspecified atom stereocenters. The fraction of sp³-hybridized carbons (Fsp3) is 0.412. The van der Waals surface area contributed by atoms with Gasteiger partial charge in [0.1, 0.15) is 5.82 Å². The molecule has 0 radical (unpaired) electrons. The van der Waals surface area contributed by atoms with Crippen LogP contribution in [-0.4, -0.2) is 41.0 Å². The topological polar surface area (TPSA) is 58.3 Å². The molecule has 116 valence electrons. The van der Waals surface area contributed by atoms with Gasteiger partial charge in [-0.25, -0.2) is 4.98 Å². The highest BCUT2D eigenvalue weighted by atomic mass is 15.2. The smallest absolute Gasteiger partial charge is 0.127 e. The minimum absolute atomic E-state index is 0.647. The lowest BCUT2D eigenvalue weighted by Crippen LogP contribution is -2.30. The molecule has 1 saturated heterocycles. The second-order valence-corrected chi connectivity index (χ2v) is 5.82. The summed E-state index contributed by atoms with van der Waals surface area (Å²) in [4.78, 5) is 13.4.